The highest BCUT2D eigenvalue weighted by atomic mass is 16.5. The number of hydrogen-bond donors (Lipinski definition) is 1. The van der Waals surface area contributed by atoms with Crippen LogP contribution in [-0.4, -0.2) is 82.1 Å². The van der Waals surface area contributed by atoms with Crippen LogP contribution in [0.1, 0.15) is 27.8 Å². The highest BCUT2D eigenvalue weighted by Gasteiger charge is 2.12. The molecule has 0 unspecified atom stereocenters. The van der Waals surface area contributed by atoms with Crippen LogP contribution in [0, 0.1) is 13.8 Å². The summed E-state index contributed by atoms with van der Waals surface area (Å²) in [6.07, 6.45) is 0.974. The average Bonchev–Trinajstić information content (AvgIpc) is 3.36. The topological polar surface area (TPSA) is 66.4 Å². The van der Waals surface area contributed by atoms with Gasteiger partial charge in [-0.3, -0.25) is 9.79 Å². The number of aryl methyl sites for hydroxylation is 2. The van der Waals surface area contributed by atoms with E-state index in [4.69, 9.17) is 9.47 Å². The second kappa shape index (κ2) is 12.5. The smallest absolute Gasteiger partial charge is 0.248 e. The van der Waals surface area contributed by atoms with Gasteiger partial charge in [-0.2, -0.15) is 0 Å². The predicted molar refractivity (Wildman–Crippen MR) is 137 cm³/mol. The van der Waals surface area contributed by atoms with Crippen LogP contribution < -0.4 is 10.1 Å². The van der Waals surface area contributed by atoms with Gasteiger partial charge in [0.1, 0.15) is 18.2 Å². The number of benzene rings is 2. The Balaban J connectivity index is 1.34. The van der Waals surface area contributed by atoms with E-state index in [1.165, 1.54) is 16.7 Å². The van der Waals surface area contributed by atoms with E-state index in [0.717, 1.165) is 55.3 Å². The van der Waals surface area contributed by atoms with E-state index in [1.54, 1.807) is 12.0 Å². The number of amides is 1. The number of methoxy groups -OCH3 is 1. The third-order valence-electron chi connectivity index (χ3n) is 6.24. The van der Waals surface area contributed by atoms with Crippen molar-refractivity contribution in [2.45, 2.75) is 26.8 Å². The van der Waals surface area contributed by atoms with E-state index in [-0.39, 0.29) is 12.5 Å². The van der Waals surface area contributed by atoms with Crippen molar-refractivity contribution in [3.63, 3.8) is 0 Å². The van der Waals surface area contributed by atoms with Gasteiger partial charge in [-0.25, -0.2) is 0 Å². The van der Waals surface area contributed by atoms with Crippen molar-refractivity contribution in [2.24, 2.45) is 4.99 Å². The Labute approximate surface area is 203 Å². The summed E-state index contributed by atoms with van der Waals surface area (Å²) in [5, 5.41) is 3.27. The third kappa shape index (κ3) is 7.30. The summed E-state index contributed by atoms with van der Waals surface area (Å²) in [5.41, 5.74) is 6.05. The summed E-state index contributed by atoms with van der Waals surface area (Å²) in [7, 11) is 5.60. The van der Waals surface area contributed by atoms with E-state index in [0.29, 0.717) is 13.2 Å². The highest BCUT2D eigenvalue weighted by Crippen LogP contribution is 2.22. The van der Waals surface area contributed by atoms with Crippen LogP contribution in [0.25, 0.3) is 0 Å². The van der Waals surface area contributed by atoms with Crippen molar-refractivity contribution < 1.29 is 14.3 Å². The maximum atomic E-state index is 12.5. The van der Waals surface area contributed by atoms with Gasteiger partial charge in [-0.05, 0) is 61.7 Å². The monoisotopic (exact) mass is 466 g/mol. The summed E-state index contributed by atoms with van der Waals surface area (Å²) in [6.45, 7) is 8.88. The lowest BCUT2D eigenvalue weighted by Crippen LogP contribution is -2.32. The first-order valence-electron chi connectivity index (χ1n) is 11.9. The third-order valence-corrected chi connectivity index (χ3v) is 6.24. The van der Waals surface area contributed by atoms with Gasteiger partial charge >= 0.3 is 0 Å². The standard InChI is InChI=1S/C27H38N4O3/c1-20-16-24(33-5)17-21(2)25(20)10-13-30(3)14-15-34-19-26(32)31(4)18-22-6-8-23(9-7-22)27-28-11-12-29-27/h6-9,16-17H,10-15,18-19H2,1-5H3,(H,28,29). The molecule has 0 atom stereocenters. The Kier molecular flexibility index (Phi) is 9.48. The largest absolute Gasteiger partial charge is 0.497 e. The number of aliphatic imine (C=N–C) groups is 1. The molecule has 0 aliphatic carbocycles. The van der Waals surface area contributed by atoms with E-state index in [9.17, 15) is 4.79 Å². The van der Waals surface area contributed by atoms with Crippen molar-refractivity contribution in [2.75, 3.05) is 60.6 Å². The maximum Gasteiger partial charge on any atom is 0.248 e. The summed E-state index contributed by atoms with van der Waals surface area (Å²) < 4.78 is 11.0. The normalized spacial score (nSPS) is 13.1. The molecule has 1 heterocycles. The molecule has 0 radical (unpaired) electrons. The van der Waals surface area contributed by atoms with Crippen LogP contribution in [-0.2, 0) is 22.5 Å². The van der Waals surface area contributed by atoms with Crippen LogP contribution in [0.2, 0.25) is 0 Å². The van der Waals surface area contributed by atoms with Gasteiger partial charge in [0.25, 0.3) is 0 Å². The minimum atomic E-state index is -0.0157. The molecular weight excluding hydrogens is 428 g/mol. The maximum absolute atomic E-state index is 12.5. The molecule has 2 aromatic carbocycles. The lowest BCUT2D eigenvalue weighted by atomic mass is 9.99. The van der Waals surface area contributed by atoms with Gasteiger partial charge in [-0.1, -0.05) is 24.3 Å². The minimum Gasteiger partial charge on any atom is -0.497 e. The van der Waals surface area contributed by atoms with Gasteiger partial charge in [0.2, 0.25) is 5.91 Å². The molecule has 0 saturated heterocycles. The van der Waals surface area contributed by atoms with Gasteiger partial charge in [0.05, 0.1) is 20.3 Å². The minimum absolute atomic E-state index is 0.0157. The van der Waals surface area contributed by atoms with Gasteiger partial charge in [-0.15, -0.1) is 0 Å². The molecule has 0 saturated carbocycles. The molecule has 0 spiro atoms. The highest BCUT2D eigenvalue weighted by molar-refractivity contribution is 5.99. The summed E-state index contributed by atoms with van der Waals surface area (Å²) in [5.74, 6) is 1.84. The van der Waals surface area contributed by atoms with E-state index < -0.39 is 0 Å². The molecular formula is C27H38N4O3. The number of rotatable bonds is 12. The SMILES string of the molecule is COc1cc(C)c(CCN(C)CCOCC(=O)N(C)Cc2ccc(C3=NCCN3)cc2)c(C)c1. The molecule has 7 nitrogen and oxygen atoms in total. The Hall–Kier alpha value is -2.90. The number of carbonyl (C=O) groups is 1. The summed E-state index contributed by atoms with van der Waals surface area (Å²) >= 11 is 0. The van der Waals surface area contributed by atoms with Gasteiger partial charge < -0.3 is 24.6 Å². The van der Waals surface area contributed by atoms with E-state index >= 15 is 0 Å². The molecule has 1 aliphatic heterocycles. The number of amidine groups is 1. The number of carbonyl (C=O) groups excluding carboxylic acids is 1. The molecule has 2 aromatic rings. The lowest BCUT2D eigenvalue weighted by molar-refractivity contribution is -0.135. The zero-order valence-corrected chi connectivity index (χ0v) is 21.2. The molecule has 0 aromatic heterocycles. The van der Waals surface area contributed by atoms with Crippen LogP contribution in [0.3, 0.4) is 0 Å². The molecule has 3 rings (SSSR count). The molecule has 1 aliphatic rings. The molecule has 7 heteroatoms. The van der Waals surface area contributed by atoms with Crippen molar-refractivity contribution >= 4 is 11.7 Å². The Morgan fingerprint density at radius 2 is 1.79 bits per heavy atom. The first-order valence-corrected chi connectivity index (χ1v) is 11.9. The Morgan fingerprint density at radius 1 is 1.09 bits per heavy atom. The fourth-order valence-electron chi connectivity index (χ4n) is 4.09. The van der Waals surface area contributed by atoms with E-state index in [2.05, 4.69) is 48.2 Å². The quantitative estimate of drug-likeness (QED) is 0.488. The second-order valence-corrected chi connectivity index (χ2v) is 8.95. The van der Waals surface area contributed by atoms with Crippen molar-refractivity contribution in [3.8, 4) is 5.75 Å². The number of likely N-dealkylation sites (N-methyl/N-ethyl adjacent to an activating group) is 2. The average molecular weight is 467 g/mol. The second-order valence-electron chi connectivity index (χ2n) is 8.95. The van der Waals surface area contributed by atoms with Crippen LogP contribution in [0.15, 0.2) is 41.4 Å². The van der Waals surface area contributed by atoms with Crippen LogP contribution in [0.4, 0.5) is 0 Å². The molecule has 0 bridgehead atoms. The fourth-order valence-corrected chi connectivity index (χ4v) is 4.09. The first-order chi connectivity index (χ1) is 16.4. The van der Waals surface area contributed by atoms with Crippen molar-refractivity contribution in [1.29, 1.82) is 0 Å². The zero-order chi connectivity index (χ0) is 24.5. The summed E-state index contributed by atoms with van der Waals surface area (Å²) in [4.78, 5) is 20.8. The van der Waals surface area contributed by atoms with Gasteiger partial charge in [0, 0.05) is 38.8 Å². The number of nitrogens with zero attached hydrogens (tertiary/aromatic N) is 3. The first kappa shape index (κ1) is 25.7. The van der Waals surface area contributed by atoms with Crippen molar-refractivity contribution in [1.82, 2.24) is 15.1 Å². The predicted octanol–water partition coefficient (Wildman–Crippen LogP) is 2.81. The Bertz CT molecular complexity index is 965. The lowest BCUT2D eigenvalue weighted by Gasteiger charge is -2.20. The molecule has 184 valence electrons. The Morgan fingerprint density at radius 3 is 2.41 bits per heavy atom. The summed E-state index contributed by atoms with van der Waals surface area (Å²) in [6, 6.07) is 12.4. The molecule has 0 fully saturated rings. The zero-order valence-electron chi connectivity index (χ0n) is 21.2. The number of nitrogens with one attached hydrogen (secondary N) is 1. The molecule has 1 N–H and O–H groups in total. The molecule has 1 amide bonds. The van der Waals surface area contributed by atoms with Crippen LogP contribution in [0.5, 0.6) is 5.75 Å². The fraction of sp³-hybridized carbons (Fsp3) is 0.481. The van der Waals surface area contributed by atoms with Crippen LogP contribution >= 0.6 is 0 Å². The van der Waals surface area contributed by atoms with E-state index in [1.807, 2.05) is 31.3 Å². The number of hydrogen-bond acceptors (Lipinski definition) is 6. The molecule has 34 heavy (non-hydrogen) atoms. The van der Waals surface area contributed by atoms with Gasteiger partial charge in [0.15, 0.2) is 0 Å². The number of ether oxygens (including phenoxy) is 2. The van der Waals surface area contributed by atoms with Crippen molar-refractivity contribution in [3.05, 3.63) is 64.2 Å².